The van der Waals surface area contributed by atoms with Gasteiger partial charge in [-0.3, -0.25) is 14.4 Å². The molecule has 1 aromatic carbocycles. The van der Waals surface area contributed by atoms with Crippen molar-refractivity contribution in [3.63, 3.8) is 0 Å². The maximum atomic E-state index is 14.6. The van der Waals surface area contributed by atoms with Gasteiger partial charge in [-0.15, -0.1) is 11.8 Å². The molecule has 0 aromatic heterocycles. The van der Waals surface area contributed by atoms with Crippen molar-refractivity contribution in [2.24, 2.45) is 11.8 Å². The van der Waals surface area contributed by atoms with Crippen LogP contribution < -0.4 is 0 Å². The number of cyclic esters (lactones) is 1. The smallest absolute Gasteiger partial charge is 0.311 e. The molecule has 1 unspecified atom stereocenters. The zero-order chi connectivity index (χ0) is 27.6. The Morgan fingerprint density at radius 1 is 1.05 bits per heavy atom. The SMILES string of the molecule is CCCCCN1CC=C[C@]23S[C@@]4(C)/C=C\CCCCOC(=O)[C@H]4[C@H]2C(=O)N([C@H](CO)c2ccccc2)C3C1=O. The highest BCUT2D eigenvalue weighted by atomic mass is 32.2. The third kappa shape index (κ3) is 4.84. The number of carbonyl (C=O) groups excluding carboxylic acids is 3. The van der Waals surface area contributed by atoms with Crippen molar-refractivity contribution >= 4 is 29.5 Å². The Morgan fingerprint density at radius 3 is 2.59 bits per heavy atom. The van der Waals surface area contributed by atoms with Gasteiger partial charge in [-0.1, -0.05) is 74.4 Å². The molecule has 7 nitrogen and oxygen atoms in total. The van der Waals surface area contributed by atoms with E-state index in [9.17, 15) is 19.5 Å². The summed E-state index contributed by atoms with van der Waals surface area (Å²) in [5.41, 5.74) is 0.767. The van der Waals surface area contributed by atoms with Crippen molar-refractivity contribution < 1.29 is 24.2 Å². The number of benzene rings is 1. The van der Waals surface area contributed by atoms with Crippen molar-refractivity contribution in [2.75, 3.05) is 26.3 Å². The standard InChI is InChI=1S/C31H40N2O5S/c1-3-4-11-18-32-19-13-17-31-24(25-29(37)38-20-12-6-5-10-16-30(25,2)39-31)27(35)33(26(31)28(32)36)23(21-34)22-14-8-7-9-15-22/h7-10,13-17,23-26,34H,3-6,11-12,18-21H2,1-2H3/b16-10-/t23-,24+,25-,26?,30+,31+/m1/s1. The summed E-state index contributed by atoms with van der Waals surface area (Å²) in [5, 5.41) is 10.6. The van der Waals surface area contributed by atoms with Crippen molar-refractivity contribution in [1.29, 1.82) is 0 Å². The summed E-state index contributed by atoms with van der Waals surface area (Å²) in [6, 6.07) is 7.85. The average Bonchev–Trinajstić information content (AvgIpc) is 3.26. The quantitative estimate of drug-likeness (QED) is 0.309. The molecule has 39 heavy (non-hydrogen) atoms. The number of carbonyl (C=O) groups is 3. The summed E-state index contributed by atoms with van der Waals surface area (Å²) in [6.07, 6.45) is 13.8. The molecule has 4 aliphatic rings. The van der Waals surface area contributed by atoms with Gasteiger partial charge in [0.2, 0.25) is 11.8 Å². The summed E-state index contributed by atoms with van der Waals surface area (Å²) in [7, 11) is 0. The lowest BCUT2D eigenvalue weighted by atomic mass is 9.74. The molecule has 1 N–H and O–H groups in total. The van der Waals surface area contributed by atoms with Crippen LogP contribution in [0.2, 0.25) is 0 Å². The number of esters is 1. The molecule has 4 heterocycles. The first-order chi connectivity index (χ1) is 18.9. The van der Waals surface area contributed by atoms with Gasteiger partial charge in [-0.2, -0.15) is 0 Å². The predicted molar refractivity (Wildman–Crippen MR) is 152 cm³/mol. The molecule has 4 aliphatic heterocycles. The Bertz CT molecular complexity index is 1140. The topological polar surface area (TPSA) is 87.2 Å². The second kappa shape index (κ2) is 11.5. The van der Waals surface area contributed by atoms with Gasteiger partial charge in [-0.25, -0.2) is 0 Å². The Balaban J connectivity index is 1.65. The molecule has 2 saturated heterocycles. The second-order valence-corrected chi connectivity index (χ2v) is 13.1. The van der Waals surface area contributed by atoms with Crippen molar-refractivity contribution in [3.8, 4) is 0 Å². The summed E-state index contributed by atoms with van der Waals surface area (Å²) in [6.45, 7) is 5.22. The second-order valence-electron chi connectivity index (χ2n) is 11.3. The highest BCUT2D eigenvalue weighted by Crippen LogP contribution is 2.66. The maximum Gasteiger partial charge on any atom is 0.311 e. The number of aliphatic hydroxyl groups is 1. The van der Waals surface area contributed by atoms with Crippen molar-refractivity contribution in [1.82, 2.24) is 9.80 Å². The van der Waals surface area contributed by atoms with Gasteiger partial charge >= 0.3 is 5.97 Å². The maximum absolute atomic E-state index is 14.6. The van der Waals surface area contributed by atoms with E-state index in [0.717, 1.165) is 44.1 Å². The van der Waals surface area contributed by atoms with Crippen LogP contribution >= 0.6 is 11.8 Å². The molecule has 6 atom stereocenters. The Labute approximate surface area is 235 Å². The summed E-state index contributed by atoms with van der Waals surface area (Å²) >= 11 is 1.55. The molecule has 0 radical (unpaired) electrons. The summed E-state index contributed by atoms with van der Waals surface area (Å²) in [4.78, 5) is 46.2. The molecule has 1 aromatic rings. The van der Waals surface area contributed by atoms with E-state index in [1.54, 1.807) is 16.7 Å². The minimum Gasteiger partial charge on any atom is -0.465 e. The van der Waals surface area contributed by atoms with Crippen LogP contribution in [0.25, 0.3) is 0 Å². The summed E-state index contributed by atoms with van der Waals surface area (Å²) in [5.74, 6) is -2.27. The number of nitrogens with zero attached hydrogens (tertiary/aromatic N) is 2. The van der Waals surface area contributed by atoms with Crippen molar-refractivity contribution in [2.45, 2.75) is 74.0 Å². The van der Waals surface area contributed by atoms with Gasteiger partial charge in [0.1, 0.15) is 6.04 Å². The number of thioether (sulfide) groups is 1. The van der Waals surface area contributed by atoms with E-state index in [1.807, 2.05) is 54.3 Å². The van der Waals surface area contributed by atoms with Gasteiger partial charge in [0.15, 0.2) is 0 Å². The zero-order valence-corrected chi connectivity index (χ0v) is 23.8. The lowest BCUT2D eigenvalue weighted by Gasteiger charge is -2.40. The fourth-order valence-corrected chi connectivity index (χ4v) is 9.04. The number of hydrogen-bond donors (Lipinski definition) is 1. The molecule has 210 valence electrons. The molecule has 0 bridgehead atoms. The number of likely N-dealkylation sites (tertiary alicyclic amines) is 1. The van der Waals surface area contributed by atoms with Crippen LogP contribution in [-0.2, 0) is 19.1 Å². The van der Waals surface area contributed by atoms with E-state index >= 15 is 0 Å². The van der Waals surface area contributed by atoms with Crippen LogP contribution in [0.4, 0.5) is 0 Å². The monoisotopic (exact) mass is 552 g/mol. The summed E-state index contributed by atoms with van der Waals surface area (Å²) < 4.78 is 4.10. The first kappa shape index (κ1) is 28.0. The predicted octanol–water partition coefficient (Wildman–Crippen LogP) is 4.28. The van der Waals surface area contributed by atoms with Crippen LogP contribution in [-0.4, -0.2) is 74.5 Å². The van der Waals surface area contributed by atoms with Gasteiger partial charge in [0.05, 0.1) is 35.8 Å². The third-order valence-electron chi connectivity index (χ3n) is 8.75. The molecule has 8 heteroatoms. The van der Waals surface area contributed by atoms with Gasteiger partial charge in [-0.05, 0) is 38.2 Å². The molecule has 0 aliphatic carbocycles. The fourth-order valence-electron chi connectivity index (χ4n) is 6.90. The minimum absolute atomic E-state index is 0.113. The zero-order valence-electron chi connectivity index (χ0n) is 23.0. The molecular formula is C31H40N2O5S. The first-order valence-corrected chi connectivity index (χ1v) is 15.2. The number of ether oxygens (including phenoxy) is 1. The molecule has 5 rings (SSSR count). The van der Waals surface area contributed by atoms with Crippen LogP contribution in [0.1, 0.15) is 64.0 Å². The Hall–Kier alpha value is -2.58. The number of allylic oxidation sites excluding steroid dienone is 1. The first-order valence-electron chi connectivity index (χ1n) is 14.4. The number of hydrogen-bond acceptors (Lipinski definition) is 6. The molecule has 2 fully saturated rings. The van der Waals surface area contributed by atoms with E-state index < -0.39 is 33.4 Å². The minimum atomic E-state index is -0.952. The normalized spacial score (nSPS) is 34.1. The number of aliphatic hydroxyl groups excluding tert-OH is 1. The van der Waals surface area contributed by atoms with Crippen LogP contribution in [0.3, 0.4) is 0 Å². The third-order valence-corrected chi connectivity index (χ3v) is 10.5. The fraction of sp³-hybridized carbons (Fsp3) is 0.581. The van der Waals surface area contributed by atoms with Gasteiger partial charge in [0.25, 0.3) is 0 Å². The molecular weight excluding hydrogens is 512 g/mol. The van der Waals surface area contributed by atoms with Crippen LogP contribution in [0, 0.1) is 11.8 Å². The lowest BCUT2D eigenvalue weighted by Crippen LogP contribution is -2.54. The van der Waals surface area contributed by atoms with E-state index in [4.69, 9.17) is 4.74 Å². The van der Waals surface area contributed by atoms with Gasteiger partial charge in [0, 0.05) is 17.8 Å². The van der Waals surface area contributed by atoms with E-state index in [0.29, 0.717) is 19.7 Å². The number of fused-ring (bicyclic) bond motifs is 2. The van der Waals surface area contributed by atoms with Crippen LogP contribution in [0.5, 0.6) is 0 Å². The highest BCUT2D eigenvalue weighted by molar-refractivity contribution is 8.02. The number of amides is 2. The Morgan fingerprint density at radius 2 is 1.85 bits per heavy atom. The van der Waals surface area contributed by atoms with Crippen LogP contribution in [0.15, 0.2) is 54.6 Å². The molecule has 1 spiro atoms. The highest BCUT2D eigenvalue weighted by Gasteiger charge is 2.74. The van der Waals surface area contributed by atoms with Crippen molar-refractivity contribution in [3.05, 3.63) is 60.2 Å². The Kier molecular flexibility index (Phi) is 8.24. The van der Waals surface area contributed by atoms with E-state index in [1.165, 1.54) is 0 Å². The van der Waals surface area contributed by atoms with Gasteiger partial charge < -0.3 is 19.6 Å². The van der Waals surface area contributed by atoms with E-state index in [2.05, 4.69) is 19.1 Å². The number of rotatable bonds is 7. The average molecular weight is 553 g/mol. The number of unbranched alkanes of at least 4 members (excludes halogenated alkanes) is 2. The molecule has 0 saturated carbocycles. The molecule has 2 amide bonds. The largest absolute Gasteiger partial charge is 0.465 e. The van der Waals surface area contributed by atoms with E-state index in [-0.39, 0.29) is 24.4 Å². The lowest BCUT2D eigenvalue weighted by molar-refractivity contribution is -0.155.